The average Bonchev–Trinajstić information content (AvgIpc) is 2.17. The molecular formula is C12H13ClF2O. The molecule has 0 atom stereocenters. The van der Waals surface area contributed by atoms with Crippen LogP contribution in [0.25, 0.3) is 6.08 Å². The van der Waals surface area contributed by atoms with Gasteiger partial charge < -0.3 is 4.74 Å². The van der Waals surface area contributed by atoms with E-state index < -0.39 is 6.61 Å². The predicted molar refractivity (Wildman–Crippen MR) is 62.0 cm³/mol. The highest BCUT2D eigenvalue weighted by Gasteiger charge is 2.08. The zero-order chi connectivity index (χ0) is 12.1. The standard InChI is InChI=1S/C12H13ClF2O/c1-8(2)3-4-9-7-10(13)5-6-11(9)16-12(14)15/h3-8,12H,1-2H3/b4-3+. The van der Waals surface area contributed by atoms with Crippen molar-refractivity contribution in [3.8, 4) is 5.75 Å². The molecule has 0 aliphatic rings. The Balaban J connectivity index is 2.98. The Kier molecular flexibility index (Phi) is 4.74. The maximum absolute atomic E-state index is 12.1. The minimum Gasteiger partial charge on any atom is -0.434 e. The molecule has 0 amide bonds. The number of ether oxygens (including phenoxy) is 1. The van der Waals surface area contributed by atoms with Crippen LogP contribution in [0.5, 0.6) is 5.75 Å². The van der Waals surface area contributed by atoms with Crippen molar-refractivity contribution in [1.82, 2.24) is 0 Å². The molecule has 16 heavy (non-hydrogen) atoms. The number of halogens is 3. The van der Waals surface area contributed by atoms with E-state index in [2.05, 4.69) is 4.74 Å². The van der Waals surface area contributed by atoms with E-state index in [0.29, 0.717) is 16.5 Å². The van der Waals surface area contributed by atoms with Crippen molar-refractivity contribution in [3.63, 3.8) is 0 Å². The molecule has 1 rings (SSSR count). The van der Waals surface area contributed by atoms with Crippen LogP contribution >= 0.6 is 11.6 Å². The molecule has 0 radical (unpaired) electrons. The molecule has 1 aromatic rings. The lowest BCUT2D eigenvalue weighted by Crippen LogP contribution is -2.03. The van der Waals surface area contributed by atoms with Crippen molar-refractivity contribution in [2.45, 2.75) is 20.5 Å². The minimum atomic E-state index is -2.83. The second kappa shape index (κ2) is 5.85. The first-order valence-electron chi connectivity index (χ1n) is 4.91. The van der Waals surface area contributed by atoms with Gasteiger partial charge in [0, 0.05) is 10.6 Å². The average molecular weight is 247 g/mol. The van der Waals surface area contributed by atoms with Gasteiger partial charge in [-0.2, -0.15) is 8.78 Å². The van der Waals surface area contributed by atoms with Crippen LogP contribution in [0.15, 0.2) is 24.3 Å². The molecule has 0 fully saturated rings. The molecule has 0 aliphatic carbocycles. The van der Waals surface area contributed by atoms with Gasteiger partial charge in [0.1, 0.15) is 5.75 Å². The molecule has 1 nitrogen and oxygen atoms in total. The Labute approximate surface area is 98.7 Å². The summed E-state index contributed by atoms with van der Waals surface area (Å²) < 4.78 is 28.6. The molecule has 0 unspecified atom stereocenters. The number of alkyl halides is 2. The molecule has 0 saturated carbocycles. The van der Waals surface area contributed by atoms with E-state index in [1.807, 2.05) is 19.9 Å². The van der Waals surface area contributed by atoms with Gasteiger partial charge >= 0.3 is 6.61 Å². The summed E-state index contributed by atoms with van der Waals surface area (Å²) in [5, 5.41) is 0.491. The van der Waals surface area contributed by atoms with Gasteiger partial charge in [0.05, 0.1) is 0 Å². The smallest absolute Gasteiger partial charge is 0.387 e. The summed E-state index contributed by atoms with van der Waals surface area (Å²) in [5.74, 6) is 0.467. The third-order valence-corrected chi connectivity index (χ3v) is 2.08. The second-order valence-electron chi connectivity index (χ2n) is 3.66. The van der Waals surface area contributed by atoms with Crippen molar-refractivity contribution in [2.24, 2.45) is 5.92 Å². The molecule has 0 spiro atoms. The highest BCUT2D eigenvalue weighted by molar-refractivity contribution is 6.30. The summed E-state index contributed by atoms with van der Waals surface area (Å²) in [4.78, 5) is 0. The fraction of sp³-hybridized carbons (Fsp3) is 0.333. The van der Waals surface area contributed by atoms with Crippen molar-refractivity contribution >= 4 is 17.7 Å². The van der Waals surface area contributed by atoms with Gasteiger partial charge in [-0.3, -0.25) is 0 Å². The molecular weight excluding hydrogens is 234 g/mol. The van der Waals surface area contributed by atoms with Crippen molar-refractivity contribution in [1.29, 1.82) is 0 Å². The van der Waals surface area contributed by atoms with Crippen LogP contribution in [0.3, 0.4) is 0 Å². The Hall–Kier alpha value is -1.09. The highest BCUT2D eigenvalue weighted by atomic mass is 35.5. The largest absolute Gasteiger partial charge is 0.434 e. The lowest BCUT2D eigenvalue weighted by molar-refractivity contribution is -0.0499. The van der Waals surface area contributed by atoms with Crippen LogP contribution in [0.1, 0.15) is 19.4 Å². The molecule has 0 bridgehead atoms. The van der Waals surface area contributed by atoms with Crippen LogP contribution in [0.2, 0.25) is 5.02 Å². The second-order valence-corrected chi connectivity index (χ2v) is 4.10. The van der Waals surface area contributed by atoms with Crippen molar-refractivity contribution < 1.29 is 13.5 Å². The van der Waals surface area contributed by atoms with Crippen LogP contribution in [0.4, 0.5) is 8.78 Å². The molecule has 0 aromatic heterocycles. The van der Waals surface area contributed by atoms with E-state index >= 15 is 0 Å². The predicted octanol–water partition coefficient (Wildman–Crippen LogP) is 4.61. The number of benzene rings is 1. The summed E-state index contributed by atoms with van der Waals surface area (Å²) in [6, 6.07) is 4.55. The first kappa shape index (κ1) is 13.0. The Bertz CT molecular complexity index is 375. The van der Waals surface area contributed by atoms with E-state index in [0.717, 1.165) is 0 Å². The van der Waals surface area contributed by atoms with Gasteiger partial charge in [-0.25, -0.2) is 0 Å². The topological polar surface area (TPSA) is 9.23 Å². The van der Waals surface area contributed by atoms with E-state index in [9.17, 15) is 8.78 Å². The molecule has 0 heterocycles. The number of hydrogen-bond donors (Lipinski definition) is 0. The molecule has 0 N–H and O–H groups in total. The number of allylic oxidation sites excluding steroid dienone is 1. The van der Waals surface area contributed by atoms with Gasteiger partial charge in [0.25, 0.3) is 0 Å². The fourth-order valence-electron chi connectivity index (χ4n) is 1.15. The monoisotopic (exact) mass is 246 g/mol. The van der Waals surface area contributed by atoms with E-state index in [1.54, 1.807) is 12.1 Å². The van der Waals surface area contributed by atoms with Crippen LogP contribution in [-0.2, 0) is 0 Å². The lowest BCUT2D eigenvalue weighted by Gasteiger charge is -2.08. The first-order chi connectivity index (χ1) is 7.49. The molecule has 1 aromatic carbocycles. The minimum absolute atomic E-state index is 0.135. The van der Waals surface area contributed by atoms with Crippen molar-refractivity contribution in [2.75, 3.05) is 0 Å². The summed E-state index contributed by atoms with van der Waals surface area (Å²) in [6.07, 6.45) is 3.62. The van der Waals surface area contributed by atoms with Gasteiger partial charge in [0.15, 0.2) is 0 Å². The van der Waals surface area contributed by atoms with E-state index in [-0.39, 0.29) is 5.75 Å². The van der Waals surface area contributed by atoms with E-state index in [1.165, 1.54) is 12.1 Å². The zero-order valence-electron chi connectivity index (χ0n) is 9.08. The summed E-state index contributed by atoms with van der Waals surface area (Å²) in [6.45, 7) is 1.16. The maximum atomic E-state index is 12.1. The quantitative estimate of drug-likeness (QED) is 0.754. The van der Waals surface area contributed by atoms with Crippen LogP contribution in [0, 0.1) is 5.92 Å². The fourth-order valence-corrected chi connectivity index (χ4v) is 1.33. The normalized spacial score (nSPS) is 11.7. The Morgan fingerprint density at radius 2 is 2.00 bits per heavy atom. The third kappa shape index (κ3) is 4.19. The SMILES string of the molecule is CC(C)/C=C/c1cc(Cl)ccc1OC(F)F. The number of hydrogen-bond acceptors (Lipinski definition) is 1. The maximum Gasteiger partial charge on any atom is 0.387 e. The molecule has 0 aliphatic heterocycles. The Morgan fingerprint density at radius 3 is 2.56 bits per heavy atom. The van der Waals surface area contributed by atoms with Crippen LogP contribution < -0.4 is 4.74 Å². The summed E-state index contributed by atoms with van der Waals surface area (Å²) in [7, 11) is 0. The first-order valence-corrected chi connectivity index (χ1v) is 5.29. The van der Waals surface area contributed by atoms with Gasteiger partial charge in [-0.05, 0) is 24.1 Å². The lowest BCUT2D eigenvalue weighted by atomic mass is 10.1. The molecule has 4 heteroatoms. The van der Waals surface area contributed by atoms with Gasteiger partial charge in [-0.1, -0.05) is 37.6 Å². The van der Waals surface area contributed by atoms with Crippen LogP contribution in [-0.4, -0.2) is 6.61 Å². The highest BCUT2D eigenvalue weighted by Crippen LogP contribution is 2.26. The summed E-state index contributed by atoms with van der Waals surface area (Å²) >= 11 is 5.79. The van der Waals surface area contributed by atoms with Crippen molar-refractivity contribution in [3.05, 3.63) is 34.9 Å². The summed E-state index contributed by atoms with van der Waals surface area (Å²) in [5.41, 5.74) is 0.557. The molecule has 0 saturated heterocycles. The van der Waals surface area contributed by atoms with E-state index in [4.69, 9.17) is 11.6 Å². The Morgan fingerprint density at radius 1 is 1.31 bits per heavy atom. The molecule has 88 valence electrons. The van der Waals surface area contributed by atoms with Gasteiger partial charge in [-0.15, -0.1) is 0 Å². The zero-order valence-corrected chi connectivity index (χ0v) is 9.84. The number of rotatable bonds is 4. The van der Waals surface area contributed by atoms with Gasteiger partial charge in [0.2, 0.25) is 0 Å². The third-order valence-electron chi connectivity index (χ3n) is 1.85.